The number of carboxylic acid groups (broad SMARTS) is 1. The fourth-order valence-corrected chi connectivity index (χ4v) is 4.27. The van der Waals surface area contributed by atoms with Crippen LogP contribution in [0.1, 0.15) is 23.3 Å². The Morgan fingerprint density at radius 2 is 2.00 bits per heavy atom. The minimum atomic E-state index is -0.715. The molecule has 2 aliphatic heterocycles. The molecule has 0 aliphatic carbocycles. The largest absolute Gasteiger partial charge is 0.480 e. The Bertz CT molecular complexity index is 513. The van der Waals surface area contributed by atoms with Gasteiger partial charge in [0.25, 0.3) is 0 Å². The molecule has 1 unspecified atom stereocenters. The number of carboxylic acids is 1. The van der Waals surface area contributed by atoms with Crippen LogP contribution < -0.4 is 0 Å². The second-order valence-corrected chi connectivity index (χ2v) is 7.47. The van der Waals surface area contributed by atoms with Crippen molar-refractivity contribution in [2.75, 3.05) is 39.8 Å². The predicted molar refractivity (Wildman–Crippen MR) is 88.2 cm³/mol. The smallest absolute Gasteiger partial charge is 0.322 e. The molecule has 122 valence electrons. The van der Waals surface area contributed by atoms with Crippen LogP contribution in [0.25, 0.3) is 0 Å². The highest BCUT2D eigenvalue weighted by Crippen LogP contribution is 2.21. The predicted octanol–water partition coefficient (Wildman–Crippen LogP) is 1.54. The number of likely N-dealkylation sites (tertiary alicyclic amines) is 1. The van der Waals surface area contributed by atoms with E-state index in [2.05, 4.69) is 21.2 Å². The molecule has 6 heteroatoms. The molecule has 0 spiro atoms. The van der Waals surface area contributed by atoms with Gasteiger partial charge in [-0.25, -0.2) is 0 Å². The van der Waals surface area contributed by atoms with Gasteiger partial charge in [-0.2, -0.15) is 0 Å². The van der Waals surface area contributed by atoms with Crippen molar-refractivity contribution in [2.45, 2.75) is 32.0 Å². The summed E-state index contributed by atoms with van der Waals surface area (Å²) < 4.78 is 0. The Morgan fingerprint density at radius 3 is 2.73 bits per heavy atom. The lowest BCUT2D eigenvalue weighted by Crippen LogP contribution is -2.54. The number of thiophene rings is 1. The van der Waals surface area contributed by atoms with Gasteiger partial charge in [0, 0.05) is 37.6 Å². The van der Waals surface area contributed by atoms with Crippen LogP contribution in [-0.4, -0.2) is 71.6 Å². The molecule has 1 N–H and O–H groups in total. The first-order chi connectivity index (χ1) is 10.6. The highest BCUT2D eigenvalue weighted by atomic mass is 32.1. The van der Waals surface area contributed by atoms with E-state index in [-0.39, 0.29) is 6.04 Å². The molecule has 3 heterocycles. The number of carbonyl (C=O) groups is 1. The van der Waals surface area contributed by atoms with Gasteiger partial charge < -0.3 is 5.11 Å². The quantitative estimate of drug-likeness (QED) is 0.891. The number of aliphatic carboxylic acids is 1. The van der Waals surface area contributed by atoms with Crippen molar-refractivity contribution >= 4 is 17.3 Å². The van der Waals surface area contributed by atoms with Gasteiger partial charge in [-0.05, 0) is 50.0 Å². The van der Waals surface area contributed by atoms with Crippen molar-refractivity contribution in [1.29, 1.82) is 0 Å². The zero-order valence-corrected chi connectivity index (χ0v) is 14.0. The van der Waals surface area contributed by atoms with Gasteiger partial charge in [-0.3, -0.25) is 19.5 Å². The molecule has 2 saturated heterocycles. The van der Waals surface area contributed by atoms with E-state index < -0.39 is 5.97 Å². The van der Waals surface area contributed by atoms with E-state index in [1.807, 2.05) is 23.3 Å². The SMILES string of the molecule is CN1CCN(Cc2cc(CN3CCCC3)cs2)CC1C(=O)O. The van der Waals surface area contributed by atoms with E-state index in [1.54, 1.807) is 0 Å². The van der Waals surface area contributed by atoms with Gasteiger partial charge in [0.05, 0.1) is 0 Å². The standard InChI is InChI=1S/C16H25N3O2S/c1-17-6-7-19(11-15(17)16(20)21)10-14-8-13(12-22-14)9-18-4-2-3-5-18/h8,12,15H,2-7,9-11H2,1H3,(H,20,21). The normalized spacial score (nSPS) is 24.9. The zero-order valence-electron chi connectivity index (χ0n) is 13.2. The second kappa shape index (κ2) is 7.08. The van der Waals surface area contributed by atoms with Crippen molar-refractivity contribution in [3.63, 3.8) is 0 Å². The van der Waals surface area contributed by atoms with E-state index in [0.717, 1.165) is 26.2 Å². The van der Waals surface area contributed by atoms with Gasteiger partial charge in [-0.15, -0.1) is 11.3 Å². The highest BCUT2D eigenvalue weighted by Gasteiger charge is 2.29. The Labute approximate surface area is 136 Å². The average molecular weight is 323 g/mol. The minimum absolute atomic E-state index is 0.377. The summed E-state index contributed by atoms with van der Waals surface area (Å²) >= 11 is 1.81. The number of nitrogens with zero attached hydrogens (tertiary/aromatic N) is 3. The zero-order chi connectivity index (χ0) is 15.5. The van der Waals surface area contributed by atoms with Crippen molar-refractivity contribution < 1.29 is 9.90 Å². The highest BCUT2D eigenvalue weighted by molar-refractivity contribution is 7.10. The van der Waals surface area contributed by atoms with Gasteiger partial charge >= 0.3 is 5.97 Å². The van der Waals surface area contributed by atoms with E-state index in [9.17, 15) is 9.90 Å². The molecule has 0 amide bonds. The summed E-state index contributed by atoms with van der Waals surface area (Å²) in [5.41, 5.74) is 1.41. The van der Waals surface area contributed by atoms with Crippen LogP contribution in [0.15, 0.2) is 11.4 Å². The minimum Gasteiger partial charge on any atom is -0.480 e. The first-order valence-corrected chi connectivity index (χ1v) is 8.94. The second-order valence-electron chi connectivity index (χ2n) is 6.47. The number of hydrogen-bond acceptors (Lipinski definition) is 5. The Balaban J connectivity index is 1.54. The van der Waals surface area contributed by atoms with Crippen LogP contribution in [0.2, 0.25) is 0 Å². The molecule has 5 nitrogen and oxygen atoms in total. The van der Waals surface area contributed by atoms with Crippen LogP contribution in [-0.2, 0) is 17.9 Å². The average Bonchev–Trinajstić information content (AvgIpc) is 3.13. The van der Waals surface area contributed by atoms with Crippen LogP contribution in [0, 0.1) is 0 Å². The third-order valence-corrected chi connectivity index (χ3v) is 5.68. The molecular weight excluding hydrogens is 298 g/mol. The summed E-state index contributed by atoms with van der Waals surface area (Å²) in [6, 6.07) is 1.93. The molecule has 3 rings (SSSR count). The summed E-state index contributed by atoms with van der Waals surface area (Å²) in [4.78, 5) is 19.4. The summed E-state index contributed by atoms with van der Waals surface area (Å²) in [5.74, 6) is -0.715. The lowest BCUT2D eigenvalue weighted by Gasteiger charge is -2.36. The van der Waals surface area contributed by atoms with Crippen molar-refractivity contribution in [2.24, 2.45) is 0 Å². The van der Waals surface area contributed by atoms with Gasteiger partial charge in [0.1, 0.15) is 6.04 Å². The lowest BCUT2D eigenvalue weighted by molar-refractivity contribution is -0.145. The summed E-state index contributed by atoms with van der Waals surface area (Å²) in [5, 5.41) is 11.5. The van der Waals surface area contributed by atoms with Crippen LogP contribution in [0.5, 0.6) is 0 Å². The molecule has 22 heavy (non-hydrogen) atoms. The van der Waals surface area contributed by atoms with Crippen molar-refractivity contribution in [3.05, 3.63) is 21.9 Å². The number of rotatable bonds is 5. The molecule has 0 aromatic carbocycles. The van der Waals surface area contributed by atoms with E-state index >= 15 is 0 Å². The first-order valence-electron chi connectivity index (χ1n) is 8.06. The number of likely N-dealkylation sites (N-methyl/N-ethyl adjacent to an activating group) is 1. The summed E-state index contributed by atoms with van der Waals surface area (Å²) in [6.07, 6.45) is 2.66. The van der Waals surface area contributed by atoms with Crippen molar-refractivity contribution in [1.82, 2.24) is 14.7 Å². The van der Waals surface area contributed by atoms with Crippen LogP contribution in [0.3, 0.4) is 0 Å². The molecule has 0 bridgehead atoms. The fraction of sp³-hybridized carbons (Fsp3) is 0.688. The fourth-order valence-electron chi connectivity index (χ4n) is 3.35. The summed E-state index contributed by atoms with van der Waals surface area (Å²) in [7, 11) is 1.90. The van der Waals surface area contributed by atoms with Crippen molar-refractivity contribution in [3.8, 4) is 0 Å². The number of hydrogen-bond donors (Lipinski definition) is 1. The van der Waals surface area contributed by atoms with Gasteiger partial charge in [0.2, 0.25) is 0 Å². The Hall–Kier alpha value is -0.950. The molecule has 0 saturated carbocycles. The van der Waals surface area contributed by atoms with Crippen LogP contribution >= 0.6 is 11.3 Å². The third-order valence-electron chi connectivity index (χ3n) is 4.71. The maximum absolute atomic E-state index is 11.3. The van der Waals surface area contributed by atoms with Crippen LogP contribution in [0.4, 0.5) is 0 Å². The molecular formula is C16H25N3O2S. The monoisotopic (exact) mass is 323 g/mol. The van der Waals surface area contributed by atoms with Gasteiger partial charge in [-0.1, -0.05) is 0 Å². The Morgan fingerprint density at radius 1 is 1.23 bits per heavy atom. The topological polar surface area (TPSA) is 47.0 Å². The third kappa shape index (κ3) is 3.87. The lowest BCUT2D eigenvalue weighted by atomic mass is 10.1. The maximum atomic E-state index is 11.3. The summed E-state index contributed by atoms with van der Waals surface area (Å²) in [6.45, 7) is 6.78. The molecule has 1 aromatic rings. The molecule has 1 aromatic heterocycles. The Kier molecular flexibility index (Phi) is 5.13. The van der Waals surface area contributed by atoms with Gasteiger partial charge in [0.15, 0.2) is 0 Å². The molecule has 0 radical (unpaired) electrons. The van der Waals surface area contributed by atoms with E-state index in [1.165, 1.54) is 36.4 Å². The number of piperazine rings is 1. The molecule has 2 aliphatic rings. The molecule has 2 fully saturated rings. The van der Waals surface area contributed by atoms with E-state index in [0.29, 0.717) is 6.54 Å². The molecule has 1 atom stereocenters. The van der Waals surface area contributed by atoms with E-state index in [4.69, 9.17) is 0 Å². The maximum Gasteiger partial charge on any atom is 0.322 e. The first kappa shape index (κ1) is 15.9.